The summed E-state index contributed by atoms with van der Waals surface area (Å²) >= 11 is 7.56. The molecule has 4 aromatic rings. The number of rotatable bonds is 8. The average Bonchev–Trinajstić information content (AvgIpc) is 3.39. The number of fused-ring (bicyclic) bond motifs is 1. The molecule has 148 valence electrons. The molecular formula is C22H20ClN3O2S. The number of aryl methyl sites for hydroxylation is 1. The van der Waals surface area contributed by atoms with E-state index >= 15 is 0 Å². The second kappa shape index (κ2) is 9.11. The first-order valence-corrected chi connectivity index (χ1v) is 10.6. The van der Waals surface area contributed by atoms with E-state index in [0.717, 1.165) is 29.8 Å². The number of nitrogens with zero attached hydrogens (tertiary/aromatic N) is 2. The number of nitrogens with one attached hydrogen (secondary N) is 1. The van der Waals surface area contributed by atoms with Crippen LogP contribution >= 0.6 is 22.9 Å². The zero-order chi connectivity index (χ0) is 20.1. The predicted octanol–water partition coefficient (Wildman–Crippen LogP) is 5.15. The standard InChI is InChI=1S/C22H20ClN3O2S/c23-16-7-1-4-10-19(16)28-13-6-12-26-18-9-3-2-8-17(18)25-21(26)15-24-22(27)20-11-5-14-29-20/h1-5,7-11,14H,6,12-13,15H2,(H,24,27). The summed E-state index contributed by atoms with van der Waals surface area (Å²) in [6, 6.07) is 19.1. The van der Waals surface area contributed by atoms with Gasteiger partial charge in [-0.1, -0.05) is 41.9 Å². The molecular weight excluding hydrogens is 406 g/mol. The number of ether oxygens (including phenoxy) is 1. The Kier molecular flexibility index (Phi) is 6.12. The molecule has 0 bridgehead atoms. The number of thiophene rings is 1. The van der Waals surface area contributed by atoms with Crippen molar-refractivity contribution in [3.63, 3.8) is 0 Å². The van der Waals surface area contributed by atoms with Gasteiger partial charge in [0.1, 0.15) is 11.6 Å². The number of para-hydroxylation sites is 3. The molecule has 1 amide bonds. The van der Waals surface area contributed by atoms with Gasteiger partial charge in [0, 0.05) is 6.54 Å². The number of hydrogen-bond donors (Lipinski definition) is 1. The highest BCUT2D eigenvalue weighted by Gasteiger charge is 2.13. The van der Waals surface area contributed by atoms with E-state index < -0.39 is 0 Å². The maximum absolute atomic E-state index is 12.3. The van der Waals surface area contributed by atoms with E-state index in [4.69, 9.17) is 21.3 Å². The molecule has 0 fully saturated rings. The minimum Gasteiger partial charge on any atom is -0.492 e. The van der Waals surface area contributed by atoms with E-state index in [1.807, 2.05) is 66.0 Å². The molecule has 0 saturated carbocycles. The van der Waals surface area contributed by atoms with E-state index in [2.05, 4.69) is 9.88 Å². The summed E-state index contributed by atoms with van der Waals surface area (Å²) in [4.78, 5) is 17.7. The molecule has 29 heavy (non-hydrogen) atoms. The monoisotopic (exact) mass is 425 g/mol. The SMILES string of the molecule is O=C(NCc1nc2ccccc2n1CCCOc1ccccc1Cl)c1cccs1. The van der Waals surface area contributed by atoms with Gasteiger partial charge in [-0.15, -0.1) is 11.3 Å². The number of hydrogen-bond acceptors (Lipinski definition) is 4. The fourth-order valence-electron chi connectivity index (χ4n) is 3.13. The number of aromatic nitrogens is 2. The lowest BCUT2D eigenvalue weighted by Crippen LogP contribution is -2.24. The summed E-state index contributed by atoms with van der Waals surface area (Å²) in [5.74, 6) is 1.43. The summed E-state index contributed by atoms with van der Waals surface area (Å²) in [7, 11) is 0. The minimum atomic E-state index is -0.0827. The Morgan fingerprint density at radius 3 is 2.76 bits per heavy atom. The van der Waals surface area contributed by atoms with E-state index in [-0.39, 0.29) is 5.91 Å². The van der Waals surface area contributed by atoms with Gasteiger partial charge >= 0.3 is 0 Å². The van der Waals surface area contributed by atoms with Crippen LogP contribution in [0.2, 0.25) is 5.02 Å². The van der Waals surface area contributed by atoms with Crippen LogP contribution in [0.25, 0.3) is 11.0 Å². The molecule has 2 heterocycles. The zero-order valence-corrected chi connectivity index (χ0v) is 17.2. The van der Waals surface area contributed by atoms with Gasteiger partial charge in [0.15, 0.2) is 0 Å². The first-order chi connectivity index (χ1) is 14.2. The van der Waals surface area contributed by atoms with Gasteiger partial charge < -0.3 is 14.6 Å². The van der Waals surface area contributed by atoms with E-state index in [1.54, 1.807) is 0 Å². The molecule has 0 atom stereocenters. The van der Waals surface area contributed by atoms with E-state index in [0.29, 0.717) is 28.8 Å². The Morgan fingerprint density at radius 1 is 1.10 bits per heavy atom. The third-order valence-corrected chi connectivity index (χ3v) is 5.69. The van der Waals surface area contributed by atoms with Crippen LogP contribution in [0.5, 0.6) is 5.75 Å². The largest absolute Gasteiger partial charge is 0.492 e. The van der Waals surface area contributed by atoms with Gasteiger partial charge in [-0.25, -0.2) is 4.98 Å². The lowest BCUT2D eigenvalue weighted by Gasteiger charge is -2.11. The van der Waals surface area contributed by atoms with Crippen LogP contribution < -0.4 is 10.1 Å². The maximum atomic E-state index is 12.3. The van der Waals surface area contributed by atoms with Crippen LogP contribution in [0.1, 0.15) is 21.9 Å². The van der Waals surface area contributed by atoms with Crippen molar-refractivity contribution < 1.29 is 9.53 Å². The molecule has 5 nitrogen and oxygen atoms in total. The Balaban J connectivity index is 1.43. The van der Waals surface area contributed by atoms with Crippen LogP contribution in [0, 0.1) is 0 Å². The van der Waals surface area contributed by atoms with Gasteiger partial charge in [-0.05, 0) is 42.1 Å². The molecule has 1 N–H and O–H groups in total. The van der Waals surface area contributed by atoms with Crippen LogP contribution in [-0.4, -0.2) is 22.1 Å². The lowest BCUT2D eigenvalue weighted by molar-refractivity contribution is 0.0953. The molecule has 2 aromatic heterocycles. The van der Waals surface area contributed by atoms with Crippen molar-refractivity contribution in [3.8, 4) is 5.75 Å². The van der Waals surface area contributed by atoms with Gasteiger partial charge in [0.25, 0.3) is 5.91 Å². The predicted molar refractivity (Wildman–Crippen MR) is 117 cm³/mol. The first kappa shape index (κ1) is 19.5. The lowest BCUT2D eigenvalue weighted by atomic mass is 10.3. The normalized spacial score (nSPS) is 10.9. The van der Waals surface area contributed by atoms with Crippen LogP contribution in [-0.2, 0) is 13.1 Å². The summed E-state index contributed by atoms with van der Waals surface area (Å²) in [6.07, 6.45) is 0.789. The summed E-state index contributed by atoms with van der Waals surface area (Å²) < 4.78 is 7.94. The Labute approximate surface area is 177 Å². The zero-order valence-electron chi connectivity index (χ0n) is 15.7. The third kappa shape index (κ3) is 4.60. The summed E-state index contributed by atoms with van der Waals surface area (Å²) in [5.41, 5.74) is 1.96. The number of halogens is 1. The van der Waals surface area contributed by atoms with Crippen molar-refractivity contribution in [2.75, 3.05) is 6.61 Å². The van der Waals surface area contributed by atoms with Crippen molar-refractivity contribution in [1.29, 1.82) is 0 Å². The minimum absolute atomic E-state index is 0.0827. The Bertz CT molecular complexity index is 1110. The van der Waals surface area contributed by atoms with Crippen LogP contribution in [0.3, 0.4) is 0 Å². The van der Waals surface area contributed by atoms with Crippen molar-refractivity contribution in [2.45, 2.75) is 19.5 Å². The van der Waals surface area contributed by atoms with Crippen molar-refractivity contribution >= 4 is 39.9 Å². The fraction of sp³-hybridized carbons (Fsp3) is 0.182. The van der Waals surface area contributed by atoms with Crippen LogP contribution in [0.15, 0.2) is 66.0 Å². The Morgan fingerprint density at radius 2 is 1.93 bits per heavy atom. The number of amides is 1. The maximum Gasteiger partial charge on any atom is 0.261 e. The summed E-state index contributed by atoms with van der Waals surface area (Å²) in [5, 5.41) is 5.47. The topological polar surface area (TPSA) is 56.2 Å². The smallest absolute Gasteiger partial charge is 0.261 e. The second-order valence-electron chi connectivity index (χ2n) is 6.46. The highest BCUT2D eigenvalue weighted by Crippen LogP contribution is 2.23. The molecule has 2 aromatic carbocycles. The van der Waals surface area contributed by atoms with Crippen molar-refractivity contribution in [3.05, 3.63) is 81.8 Å². The second-order valence-corrected chi connectivity index (χ2v) is 7.82. The third-order valence-electron chi connectivity index (χ3n) is 4.51. The molecule has 0 aliphatic heterocycles. The fourth-order valence-corrected chi connectivity index (χ4v) is 3.96. The highest BCUT2D eigenvalue weighted by atomic mass is 35.5. The van der Waals surface area contributed by atoms with Gasteiger partial charge in [-0.2, -0.15) is 0 Å². The Hall–Kier alpha value is -2.83. The number of carbonyl (C=O) groups is 1. The summed E-state index contributed by atoms with van der Waals surface area (Å²) in [6.45, 7) is 1.64. The molecule has 0 aliphatic carbocycles. The molecule has 0 aliphatic rings. The molecule has 0 spiro atoms. The van der Waals surface area contributed by atoms with Gasteiger partial charge in [-0.3, -0.25) is 4.79 Å². The first-order valence-electron chi connectivity index (χ1n) is 9.35. The molecule has 7 heteroatoms. The molecule has 0 radical (unpaired) electrons. The average molecular weight is 426 g/mol. The van der Waals surface area contributed by atoms with Crippen molar-refractivity contribution in [1.82, 2.24) is 14.9 Å². The number of carbonyl (C=O) groups excluding carboxylic acids is 1. The molecule has 4 rings (SSSR count). The number of imidazole rings is 1. The quantitative estimate of drug-likeness (QED) is 0.397. The van der Waals surface area contributed by atoms with E-state index in [1.165, 1.54) is 11.3 Å². The van der Waals surface area contributed by atoms with Gasteiger partial charge in [0.2, 0.25) is 0 Å². The molecule has 0 unspecified atom stereocenters. The molecule has 0 saturated heterocycles. The van der Waals surface area contributed by atoms with Crippen molar-refractivity contribution in [2.24, 2.45) is 0 Å². The number of benzene rings is 2. The van der Waals surface area contributed by atoms with E-state index in [9.17, 15) is 4.79 Å². The van der Waals surface area contributed by atoms with Gasteiger partial charge in [0.05, 0.1) is 34.1 Å². The highest BCUT2D eigenvalue weighted by molar-refractivity contribution is 7.12. The van der Waals surface area contributed by atoms with Crippen LogP contribution in [0.4, 0.5) is 0 Å².